The molecule has 0 fully saturated rings. The van der Waals surface area contributed by atoms with Crippen LogP contribution < -0.4 is 26.5 Å². The lowest BCUT2D eigenvalue weighted by Gasteiger charge is -2.54. The number of para-hydroxylation sites is 1. The molecule has 0 radical (unpaired) electrons. The number of benzene rings is 3. The Hall–Kier alpha value is -4.76. The van der Waals surface area contributed by atoms with Crippen LogP contribution in [0.4, 0.5) is 16.0 Å². The Balaban J connectivity index is 1.60. The topological polar surface area (TPSA) is 120 Å². The van der Waals surface area contributed by atoms with Crippen LogP contribution in [-0.2, 0) is 5.66 Å². The van der Waals surface area contributed by atoms with Crippen molar-refractivity contribution in [2.45, 2.75) is 25.6 Å². The van der Waals surface area contributed by atoms with E-state index in [9.17, 15) is 9.18 Å². The first-order valence-corrected chi connectivity index (χ1v) is 12.6. The molecule has 0 bridgehead atoms. The molecule has 0 amide bonds. The van der Waals surface area contributed by atoms with E-state index in [-0.39, 0.29) is 16.8 Å². The van der Waals surface area contributed by atoms with Crippen LogP contribution in [0.5, 0.6) is 5.75 Å². The minimum atomic E-state index is -1.27. The van der Waals surface area contributed by atoms with Crippen molar-refractivity contribution in [1.82, 2.24) is 9.97 Å². The lowest BCUT2D eigenvalue weighted by molar-refractivity contribution is 0.334. The molecule has 1 aliphatic heterocycles. The van der Waals surface area contributed by atoms with Gasteiger partial charge < -0.3 is 25.5 Å². The molecule has 0 saturated heterocycles. The van der Waals surface area contributed by atoms with E-state index < -0.39 is 17.5 Å². The number of nitrogens with two attached hydrogens (primary N) is 2. The highest BCUT2D eigenvalue weighted by atomic mass is 19.1. The molecular weight excluding hydrogens is 497 g/mol. The fourth-order valence-corrected chi connectivity index (χ4v) is 5.42. The summed E-state index contributed by atoms with van der Waals surface area (Å²) in [6, 6.07) is 19.7. The van der Waals surface area contributed by atoms with Crippen LogP contribution in [-0.4, -0.2) is 16.6 Å². The smallest absolute Gasteiger partial charge is 0.200 e. The molecule has 0 spiro atoms. The predicted octanol–water partition coefficient (Wildman–Crippen LogP) is 5.11. The van der Waals surface area contributed by atoms with Crippen molar-refractivity contribution in [2.75, 3.05) is 17.2 Å². The highest BCUT2D eigenvalue weighted by Gasteiger charge is 2.54. The minimum Gasteiger partial charge on any atom is -0.494 e. The summed E-state index contributed by atoms with van der Waals surface area (Å²) in [5.74, 6) is 1.27. The molecule has 1 aliphatic rings. The van der Waals surface area contributed by atoms with Crippen LogP contribution >= 0.6 is 0 Å². The number of ether oxygens (including phenoxy) is 1. The Labute approximate surface area is 223 Å². The molecule has 9 heteroatoms. The van der Waals surface area contributed by atoms with Gasteiger partial charge in [0.25, 0.3) is 0 Å². The first kappa shape index (κ1) is 24.6. The highest BCUT2D eigenvalue weighted by molar-refractivity contribution is 5.84. The van der Waals surface area contributed by atoms with E-state index in [1.54, 1.807) is 36.4 Å². The minimum absolute atomic E-state index is 0.248. The normalized spacial score (nSPS) is 17.0. The summed E-state index contributed by atoms with van der Waals surface area (Å²) < 4.78 is 26.5. The van der Waals surface area contributed by atoms with E-state index in [4.69, 9.17) is 20.6 Å². The molecule has 6 rings (SSSR count). The average molecular weight is 524 g/mol. The van der Waals surface area contributed by atoms with Gasteiger partial charge in [0.05, 0.1) is 29.2 Å². The Kier molecular flexibility index (Phi) is 5.80. The standard InChI is InChI=1S/C30H26FN5O3/c1-3-38-21-11-7-9-19(15-21)30(33)25-28(32)34-16-35-29(25)36(30)17(2)27-24(18-8-6-10-20(31)14-18)26(37)22-12-4-5-13-23(22)39-27/h4-17H,3,33H2,1-2H3,(H2,32,34,35)/t17?,30-/m0/s1. The monoisotopic (exact) mass is 523 g/mol. The fourth-order valence-electron chi connectivity index (χ4n) is 5.42. The quantitative estimate of drug-likeness (QED) is 0.315. The molecule has 196 valence electrons. The van der Waals surface area contributed by atoms with Crippen molar-refractivity contribution in [2.24, 2.45) is 5.73 Å². The number of nitrogens with zero attached hydrogens (tertiary/aromatic N) is 3. The summed E-state index contributed by atoms with van der Waals surface area (Å²) in [5.41, 5.74) is 14.3. The second-order valence-electron chi connectivity index (χ2n) is 9.41. The second kappa shape index (κ2) is 9.21. The summed E-state index contributed by atoms with van der Waals surface area (Å²) in [4.78, 5) is 24.4. The number of hydrogen-bond donors (Lipinski definition) is 2. The Bertz CT molecular complexity index is 1790. The van der Waals surface area contributed by atoms with Gasteiger partial charge in [-0.25, -0.2) is 14.4 Å². The SMILES string of the molecule is CCOc1cccc([C@@]2(N)c3c(N)ncnc3N2C(C)c2oc3ccccc3c(=O)c2-c2cccc(F)c2)c1. The summed E-state index contributed by atoms with van der Waals surface area (Å²) in [5, 5.41) is 0.395. The lowest BCUT2D eigenvalue weighted by Crippen LogP contribution is -2.63. The third-order valence-electron chi connectivity index (χ3n) is 7.14. The Morgan fingerprint density at radius 2 is 1.87 bits per heavy atom. The van der Waals surface area contributed by atoms with Gasteiger partial charge in [-0.2, -0.15) is 0 Å². The van der Waals surface area contributed by atoms with E-state index in [0.717, 1.165) is 0 Å². The molecule has 0 saturated carbocycles. The molecule has 8 nitrogen and oxygen atoms in total. The zero-order valence-corrected chi connectivity index (χ0v) is 21.4. The molecule has 3 aromatic carbocycles. The zero-order chi connectivity index (χ0) is 27.3. The van der Waals surface area contributed by atoms with Crippen LogP contribution in [0.15, 0.2) is 88.3 Å². The molecular formula is C30H26FN5O3. The van der Waals surface area contributed by atoms with E-state index >= 15 is 0 Å². The summed E-state index contributed by atoms with van der Waals surface area (Å²) in [6.45, 7) is 4.26. The van der Waals surface area contributed by atoms with Crippen LogP contribution in [0.2, 0.25) is 0 Å². The van der Waals surface area contributed by atoms with Crippen LogP contribution in [0.3, 0.4) is 0 Å². The van der Waals surface area contributed by atoms with Gasteiger partial charge in [0.1, 0.15) is 40.9 Å². The molecule has 4 N–H and O–H groups in total. The van der Waals surface area contributed by atoms with Crippen molar-refractivity contribution < 1.29 is 13.5 Å². The summed E-state index contributed by atoms with van der Waals surface area (Å²) in [6.07, 6.45) is 1.37. The maximum atomic E-state index is 14.3. The first-order valence-electron chi connectivity index (χ1n) is 12.6. The largest absolute Gasteiger partial charge is 0.494 e. The third-order valence-corrected chi connectivity index (χ3v) is 7.14. The van der Waals surface area contributed by atoms with E-state index in [1.165, 1.54) is 18.5 Å². The van der Waals surface area contributed by atoms with Crippen molar-refractivity contribution >= 4 is 22.6 Å². The lowest BCUT2D eigenvalue weighted by atomic mass is 9.81. The number of rotatable bonds is 6. The molecule has 2 atom stereocenters. The van der Waals surface area contributed by atoms with Crippen LogP contribution in [0.1, 0.15) is 36.8 Å². The van der Waals surface area contributed by atoms with Crippen LogP contribution in [0, 0.1) is 5.82 Å². The maximum Gasteiger partial charge on any atom is 0.200 e. The van der Waals surface area contributed by atoms with Gasteiger partial charge in [-0.1, -0.05) is 36.4 Å². The molecule has 5 aromatic rings. The van der Waals surface area contributed by atoms with Gasteiger partial charge >= 0.3 is 0 Å². The van der Waals surface area contributed by atoms with Crippen molar-refractivity contribution in [3.63, 3.8) is 0 Å². The van der Waals surface area contributed by atoms with E-state index in [0.29, 0.717) is 51.6 Å². The van der Waals surface area contributed by atoms with Crippen molar-refractivity contribution in [3.05, 3.63) is 112 Å². The summed E-state index contributed by atoms with van der Waals surface area (Å²) in [7, 11) is 0. The number of anilines is 2. The Morgan fingerprint density at radius 1 is 1.08 bits per heavy atom. The van der Waals surface area contributed by atoms with Gasteiger partial charge in [0.15, 0.2) is 5.66 Å². The molecule has 1 unspecified atom stereocenters. The number of nitrogen functional groups attached to an aromatic ring is 1. The van der Waals surface area contributed by atoms with Gasteiger partial charge in [-0.15, -0.1) is 0 Å². The fraction of sp³-hybridized carbons (Fsp3) is 0.167. The summed E-state index contributed by atoms with van der Waals surface area (Å²) >= 11 is 0. The molecule has 0 aliphatic carbocycles. The number of aromatic nitrogens is 2. The van der Waals surface area contributed by atoms with Gasteiger partial charge in [-0.3, -0.25) is 4.79 Å². The van der Waals surface area contributed by atoms with Crippen molar-refractivity contribution in [3.8, 4) is 16.9 Å². The molecule has 39 heavy (non-hydrogen) atoms. The maximum absolute atomic E-state index is 14.3. The second-order valence-corrected chi connectivity index (χ2v) is 9.41. The van der Waals surface area contributed by atoms with Gasteiger partial charge in [0.2, 0.25) is 5.43 Å². The number of hydrogen-bond acceptors (Lipinski definition) is 8. The van der Waals surface area contributed by atoms with Gasteiger partial charge in [0, 0.05) is 5.56 Å². The predicted molar refractivity (Wildman–Crippen MR) is 148 cm³/mol. The average Bonchev–Trinajstić information content (AvgIpc) is 2.92. The Morgan fingerprint density at radius 3 is 2.67 bits per heavy atom. The number of halogens is 1. The molecule has 2 aromatic heterocycles. The van der Waals surface area contributed by atoms with Gasteiger partial charge in [-0.05, 0) is 55.8 Å². The third kappa shape index (κ3) is 3.73. The molecule has 3 heterocycles. The number of fused-ring (bicyclic) bond motifs is 2. The van der Waals surface area contributed by atoms with E-state index in [1.807, 2.05) is 43.0 Å². The van der Waals surface area contributed by atoms with E-state index in [2.05, 4.69) is 9.97 Å². The van der Waals surface area contributed by atoms with Crippen LogP contribution in [0.25, 0.3) is 22.1 Å². The first-order chi connectivity index (χ1) is 18.8. The van der Waals surface area contributed by atoms with Crippen molar-refractivity contribution in [1.29, 1.82) is 0 Å². The zero-order valence-electron chi connectivity index (χ0n) is 21.4. The highest BCUT2D eigenvalue weighted by Crippen LogP contribution is 2.54.